The smallest absolute Gasteiger partial charge is 0.185 e. The fourth-order valence-electron chi connectivity index (χ4n) is 3.25. The second-order valence-electron chi connectivity index (χ2n) is 5.60. The van der Waals surface area contributed by atoms with Crippen LogP contribution in [-0.4, -0.2) is 49.2 Å². The molecule has 0 aromatic carbocycles. The van der Waals surface area contributed by atoms with Gasteiger partial charge in [0, 0.05) is 49.8 Å². The third-order valence-corrected chi connectivity index (χ3v) is 5.38. The minimum Gasteiger partial charge on any atom is -0.346 e. The van der Waals surface area contributed by atoms with Crippen LogP contribution in [0.4, 0.5) is 5.13 Å². The molecule has 3 rings (SSSR count). The molecule has 1 saturated carbocycles. The van der Waals surface area contributed by atoms with Gasteiger partial charge in [-0.1, -0.05) is 12.8 Å². The van der Waals surface area contributed by atoms with Crippen molar-refractivity contribution in [3.05, 3.63) is 11.1 Å². The van der Waals surface area contributed by atoms with Crippen molar-refractivity contribution in [1.29, 1.82) is 0 Å². The van der Waals surface area contributed by atoms with E-state index in [4.69, 9.17) is 0 Å². The molecule has 1 aliphatic heterocycles. The minimum absolute atomic E-state index is 0.873. The number of hydrogen-bond donors (Lipinski definition) is 1. The quantitative estimate of drug-likeness (QED) is 0.913. The number of nitrogens with one attached hydrogen (secondary N) is 1. The van der Waals surface area contributed by atoms with Crippen LogP contribution in [0.25, 0.3) is 0 Å². The highest BCUT2D eigenvalue weighted by Crippen LogP contribution is 2.27. The van der Waals surface area contributed by atoms with Crippen molar-refractivity contribution < 1.29 is 0 Å². The van der Waals surface area contributed by atoms with Gasteiger partial charge in [-0.05, 0) is 19.9 Å². The second kappa shape index (κ2) is 6.20. The molecular weight excluding hydrogens is 256 g/mol. The van der Waals surface area contributed by atoms with Crippen LogP contribution in [-0.2, 0) is 6.54 Å². The summed E-state index contributed by atoms with van der Waals surface area (Å²) in [7, 11) is 1.99. The van der Waals surface area contributed by atoms with Crippen molar-refractivity contribution in [2.75, 3.05) is 38.1 Å². The highest BCUT2D eigenvalue weighted by Gasteiger charge is 2.26. The van der Waals surface area contributed by atoms with Crippen LogP contribution in [0, 0.1) is 0 Å². The molecule has 1 aromatic heterocycles. The Balaban J connectivity index is 1.53. The van der Waals surface area contributed by atoms with Crippen LogP contribution >= 0.6 is 11.3 Å². The SMILES string of the molecule is CNCc1cnc(N2CCN(C3CCCC3)CC2)s1. The first kappa shape index (κ1) is 13.3. The number of aromatic nitrogens is 1. The fourth-order valence-corrected chi connectivity index (χ4v) is 4.22. The topological polar surface area (TPSA) is 31.4 Å². The predicted octanol–water partition coefficient (Wildman–Crippen LogP) is 1.93. The Morgan fingerprint density at radius 2 is 2.00 bits per heavy atom. The third kappa shape index (κ3) is 3.09. The Kier molecular flexibility index (Phi) is 4.35. The molecule has 0 atom stereocenters. The summed E-state index contributed by atoms with van der Waals surface area (Å²) in [6, 6.07) is 0.873. The molecule has 4 nitrogen and oxygen atoms in total. The number of piperazine rings is 1. The molecule has 19 heavy (non-hydrogen) atoms. The van der Waals surface area contributed by atoms with E-state index < -0.39 is 0 Å². The summed E-state index contributed by atoms with van der Waals surface area (Å²) >= 11 is 1.83. The summed E-state index contributed by atoms with van der Waals surface area (Å²) < 4.78 is 0. The first-order valence-corrected chi connectivity index (χ1v) is 8.27. The van der Waals surface area contributed by atoms with Gasteiger partial charge in [-0.3, -0.25) is 4.90 Å². The number of anilines is 1. The summed E-state index contributed by atoms with van der Waals surface area (Å²) in [4.78, 5) is 11.0. The fraction of sp³-hybridized carbons (Fsp3) is 0.786. The second-order valence-corrected chi connectivity index (χ2v) is 6.69. The van der Waals surface area contributed by atoms with Crippen LogP contribution in [0.5, 0.6) is 0 Å². The van der Waals surface area contributed by atoms with E-state index >= 15 is 0 Å². The number of rotatable bonds is 4. The van der Waals surface area contributed by atoms with Crippen LogP contribution in [0.2, 0.25) is 0 Å². The summed E-state index contributed by atoms with van der Waals surface area (Å²) in [6.45, 7) is 5.64. The molecule has 1 aromatic rings. The summed E-state index contributed by atoms with van der Waals surface area (Å²) in [5.41, 5.74) is 0. The summed E-state index contributed by atoms with van der Waals surface area (Å²) in [6.07, 6.45) is 7.72. The third-order valence-electron chi connectivity index (χ3n) is 4.32. The van der Waals surface area contributed by atoms with Gasteiger partial charge in [0.25, 0.3) is 0 Å². The van der Waals surface area contributed by atoms with Gasteiger partial charge >= 0.3 is 0 Å². The largest absolute Gasteiger partial charge is 0.346 e. The number of nitrogens with zero attached hydrogens (tertiary/aromatic N) is 3. The van der Waals surface area contributed by atoms with Crippen molar-refractivity contribution in [2.45, 2.75) is 38.3 Å². The molecule has 106 valence electrons. The van der Waals surface area contributed by atoms with E-state index in [1.54, 1.807) is 0 Å². The van der Waals surface area contributed by atoms with Gasteiger partial charge in [-0.25, -0.2) is 4.98 Å². The van der Waals surface area contributed by atoms with Crippen molar-refractivity contribution in [2.24, 2.45) is 0 Å². The monoisotopic (exact) mass is 280 g/mol. The van der Waals surface area contributed by atoms with Gasteiger partial charge in [-0.15, -0.1) is 11.3 Å². The molecule has 0 unspecified atom stereocenters. The van der Waals surface area contributed by atoms with Gasteiger partial charge in [-0.2, -0.15) is 0 Å². The molecular formula is C14H24N4S. The number of hydrogen-bond acceptors (Lipinski definition) is 5. The van der Waals surface area contributed by atoms with Gasteiger partial charge < -0.3 is 10.2 Å². The first-order valence-electron chi connectivity index (χ1n) is 7.45. The summed E-state index contributed by atoms with van der Waals surface area (Å²) in [5.74, 6) is 0. The highest BCUT2D eigenvalue weighted by molar-refractivity contribution is 7.15. The average molecular weight is 280 g/mol. The van der Waals surface area contributed by atoms with E-state index in [0.29, 0.717) is 0 Å². The molecule has 0 bridgehead atoms. The zero-order valence-electron chi connectivity index (χ0n) is 11.8. The van der Waals surface area contributed by atoms with E-state index in [9.17, 15) is 0 Å². The first-order chi connectivity index (χ1) is 9.36. The van der Waals surface area contributed by atoms with Gasteiger partial charge in [0.1, 0.15) is 0 Å². The van der Waals surface area contributed by atoms with Crippen LogP contribution in [0.1, 0.15) is 30.6 Å². The maximum absolute atomic E-state index is 4.57. The molecule has 5 heteroatoms. The lowest BCUT2D eigenvalue weighted by Crippen LogP contribution is -2.49. The minimum atomic E-state index is 0.873. The van der Waals surface area contributed by atoms with Gasteiger partial charge in [0.05, 0.1) is 0 Å². The maximum atomic E-state index is 4.57. The Morgan fingerprint density at radius 1 is 1.26 bits per heavy atom. The lowest BCUT2D eigenvalue weighted by molar-refractivity contribution is 0.187. The van der Waals surface area contributed by atoms with Crippen LogP contribution < -0.4 is 10.2 Å². The molecule has 1 saturated heterocycles. The van der Waals surface area contributed by atoms with E-state index in [2.05, 4.69) is 20.1 Å². The van der Waals surface area contributed by atoms with E-state index in [1.165, 1.54) is 48.8 Å². The highest BCUT2D eigenvalue weighted by atomic mass is 32.1. The molecule has 0 spiro atoms. The standard InChI is InChI=1S/C14H24N4S/c1-15-10-13-11-16-14(19-13)18-8-6-17(7-9-18)12-4-2-3-5-12/h11-12,15H,2-10H2,1H3. The van der Waals surface area contributed by atoms with Crippen LogP contribution in [0.3, 0.4) is 0 Å². The molecule has 0 radical (unpaired) electrons. The predicted molar refractivity (Wildman–Crippen MR) is 80.9 cm³/mol. The Bertz CT molecular complexity index is 392. The van der Waals surface area contributed by atoms with Crippen molar-refractivity contribution in [3.8, 4) is 0 Å². The molecule has 0 amide bonds. The summed E-state index contributed by atoms with van der Waals surface area (Å²) in [5, 5.41) is 4.39. The van der Waals surface area contributed by atoms with Gasteiger partial charge in [0.15, 0.2) is 5.13 Å². The van der Waals surface area contributed by atoms with E-state index in [1.807, 2.05) is 24.6 Å². The van der Waals surface area contributed by atoms with Crippen LogP contribution in [0.15, 0.2) is 6.20 Å². The molecule has 1 N–H and O–H groups in total. The van der Waals surface area contributed by atoms with Crippen molar-refractivity contribution in [1.82, 2.24) is 15.2 Å². The molecule has 1 aliphatic carbocycles. The maximum Gasteiger partial charge on any atom is 0.185 e. The van der Waals surface area contributed by atoms with Crippen molar-refractivity contribution >= 4 is 16.5 Å². The van der Waals surface area contributed by atoms with E-state index in [0.717, 1.165) is 25.7 Å². The van der Waals surface area contributed by atoms with E-state index in [-0.39, 0.29) is 0 Å². The zero-order valence-corrected chi connectivity index (χ0v) is 12.6. The molecule has 2 aliphatic rings. The van der Waals surface area contributed by atoms with Gasteiger partial charge in [0.2, 0.25) is 0 Å². The molecule has 2 fully saturated rings. The lowest BCUT2D eigenvalue weighted by atomic mass is 10.2. The Labute approximate surface area is 119 Å². The lowest BCUT2D eigenvalue weighted by Gasteiger charge is -2.37. The zero-order chi connectivity index (χ0) is 13.1. The Hall–Kier alpha value is -0.650. The normalized spacial score (nSPS) is 22.3. The molecule has 2 heterocycles. The van der Waals surface area contributed by atoms with Crippen molar-refractivity contribution in [3.63, 3.8) is 0 Å². The number of thiazole rings is 1. The average Bonchev–Trinajstić information content (AvgIpc) is 3.10. The Morgan fingerprint density at radius 3 is 2.68 bits per heavy atom.